The molecule has 0 aliphatic carbocycles. The van der Waals surface area contributed by atoms with E-state index in [1.54, 1.807) is 34.1 Å². The number of benzene rings is 1. The van der Waals surface area contributed by atoms with E-state index in [2.05, 4.69) is 4.98 Å². The van der Waals surface area contributed by atoms with Crippen molar-refractivity contribution >= 4 is 29.2 Å². The summed E-state index contributed by atoms with van der Waals surface area (Å²) in [6.45, 7) is 6.56. The first-order valence-corrected chi connectivity index (χ1v) is 10.3. The summed E-state index contributed by atoms with van der Waals surface area (Å²) in [6.07, 6.45) is 4.21. The quantitative estimate of drug-likeness (QED) is 0.725. The molecule has 1 aliphatic heterocycles. The van der Waals surface area contributed by atoms with Gasteiger partial charge in [-0.15, -0.1) is 11.3 Å². The molecule has 0 saturated carbocycles. The molecule has 1 aromatic heterocycles. The molecule has 1 aromatic carbocycles. The Labute approximate surface area is 169 Å². The van der Waals surface area contributed by atoms with Gasteiger partial charge in [0, 0.05) is 44.6 Å². The summed E-state index contributed by atoms with van der Waals surface area (Å²) in [6, 6.07) is 7.62. The van der Waals surface area contributed by atoms with E-state index in [0.717, 1.165) is 28.4 Å². The summed E-state index contributed by atoms with van der Waals surface area (Å²) >= 11 is 1.61. The predicted molar refractivity (Wildman–Crippen MR) is 110 cm³/mol. The molecule has 1 aliphatic rings. The lowest BCUT2D eigenvalue weighted by molar-refractivity contribution is -0.130. The Morgan fingerprint density at radius 3 is 2.54 bits per heavy atom. The van der Waals surface area contributed by atoms with Gasteiger partial charge in [0.25, 0.3) is 0 Å². The van der Waals surface area contributed by atoms with E-state index >= 15 is 0 Å². The van der Waals surface area contributed by atoms with E-state index in [1.165, 1.54) is 0 Å². The fraction of sp³-hybridized carbons (Fsp3) is 0.381. The molecule has 3 rings (SSSR count). The van der Waals surface area contributed by atoms with Crippen LogP contribution in [0.4, 0.5) is 0 Å². The molecule has 2 aromatic rings. The van der Waals surface area contributed by atoms with Gasteiger partial charge in [-0.05, 0) is 37.1 Å². The zero-order valence-electron chi connectivity index (χ0n) is 16.3. The van der Waals surface area contributed by atoms with E-state index in [1.807, 2.05) is 42.6 Å². The van der Waals surface area contributed by atoms with Crippen LogP contribution in [0.15, 0.2) is 35.7 Å². The summed E-state index contributed by atoms with van der Waals surface area (Å²) < 4.78 is 5.74. The fourth-order valence-electron chi connectivity index (χ4n) is 3.03. The summed E-state index contributed by atoms with van der Waals surface area (Å²) in [5.74, 6) is 0.813. The third-order valence-electron chi connectivity index (χ3n) is 4.60. The second-order valence-corrected chi connectivity index (χ2v) is 7.80. The van der Waals surface area contributed by atoms with Gasteiger partial charge in [0.2, 0.25) is 11.8 Å². The van der Waals surface area contributed by atoms with Crippen molar-refractivity contribution in [2.75, 3.05) is 26.2 Å². The van der Waals surface area contributed by atoms with Gasteiger partial charge < -0.3 is 14.5 Å². The van der Waals surface area contributed by atoms with E-state index < -0.39 is 0 Å². The molecule has 0 unspecified atom stereocenters. The number of carbonyl (C=O) groups is 2. The fourth-order valence-corrected chi connectivity index (χ4v) is 3.63. The first-order valence-electron chi connectivity index (χ1n) is 9.37. The zero-order chi connectivity index (χ0) is 19.9. The van der Waals surface area contributed by atoms with Gasteiger partial charge in [0.1, 0.15) is 12.4 Å². The molecule has 0 atom stereocenters. The summed E-state index contributed by atoms with van der Waals surface area (Å²) in [4.78, 5) is 31.9. The molecular weight excluding hydrogens is 374 g/mol. The molecule has 0 radical (unpaired) electrons. The lowest BCUT2D eigenvalue weighted by Gasteiger charge is -2.20. The van der Waals surface area contributed by atoms with Crippen LogP contribution in [0.2, 0.25) is 0 Å². The van der Waals surface area contributed by atoms with Gasteiger partial charge in [-0.25, -0.2) is 4.98 Å². The third kappa shape index (κ3) is 5.66. The molecule has 6 nitrogen and oxygen atoms in total. The number of aryl methyl sites for hydroxylation is 1. The molecule has 0 spiro atoms. The standard InChI is InChI=1S/C21H25N3O3S/c1-16-22-19(15-28-16)14-27-20-7-4-18(5-8-20)6-9-21(26)24-11-3-10-23(12-13-24)17(2)25/h4-9,15H,3,10-14H2,1-2H3/b9-6+. The van der Waals surface area contributed by atoms with Crippen molar-refractivity contribution in [2.45, 2.75) is 26.9 Å². The van der Waals surface area contributed by atoms with Gasteiger partial charge in [-0.2, -0.15) is 0 Å². The predicted octanol–water partition coefficient (Wildman–Crippen LogP) is 3.12. The van der Waals surface area contributed by atoms with E-state index in [9.17, 15) is 9.59 Å². The highest BCUT2D eigenvalue weighted by atomic mass is 32.1. The van der Waals surface area contributed by atoms with Gasteiger partial charge in [-0.3, -0.25) is 9.59 Å². The Morgan fingerprint density at radius 2 is 1.86 bits per heavy atom. The van der Waals surface area contributed by atoms with Gasteiger partial charge in [0.05, 0.1) is 10.7 Å². The average Bonchev–Trinajstić information content (AvgIpc) is 2.95. The van der Waals surface area contributed by atoms with Crippen LogP contribution in [0, 0.1) is 6.92 Å². The van der Waals surface area contributed by atoms with Crippen molar-refractivity contribution < 1.29 is 14.3 Å². The number of ether oxygens (including phenoxy) is 1. The van der Waals surface area contributed by atoms with Crippen LogP contribution in [-0.4, -0.2) is 52.8 Å². The van der Waals surface area contributed by atoms with Gasteiger partial charge >= 0.3 is 0 Å². The van der Waals surface area contributed by atoms with Crippen LogP contribution < -0.4 is 4.74 Å². The van der Waals surface area contributed by atoms with Crippen molar-refractivity contribution in [3.8, 4) is 5.75 Å². The highest BCUT2D eigenvalue weighted by Gasteiger charge is 2.18. The van der Waals surface area contributed by atoms with Crippen molar-refractivity contribution in [2.24, 2.45) is 0 Å². The number of amides is 2. The lowest BCUT2D eigenvalue weighted by atomic mass is 10.2. The van der Waals surface area contributed by atoms with Gasteiger partial charge in [-0.1, -0.05) is 12.1 Å². The maximum atomic E-state index is 12.4. The molecule has 7 heteroatoms. The smallest absolute Gasteiger partial charge is 0.246 e. The molecule has 0 N–H and O–H groups in total. The number of hydrogen-bond donors (Lipinski definition) is 0. The SMILES string of the molecule is CC(=O)N1CCCN(C(=O)/C=C/c2ccc(OCc3csc(C)n3)cc2)CC1. The Hall–Kier alpha value is -2.67. The molecule has 1 fully saturated rings. The number of hydrogen-bond acceptors (Lipinski definition) is 5. The number of nitrogens with zero attached hydrogens (tertiary/aromatic N) is 3. The van der Waals surface area contributed by atoms with E-state index in [4.69, 9.17) is 4.74 Å². The Bertz CT molecular complexity index is 845. The first-order chi connectivity index (χ1) is 13.5. The molecule has 2 amide bonds. The Morgan fingerprint density at radius 1 is 1.14 bits per heavy atom. The van der Waals surface area contributed by atoms with E-state index in [0.29, 0.717) is 32.8 Å². The maximum Gasteiger partial charge on any atom is 0.246 e. The summed E-state index contributed by atoms with van der Waals surface area (Å²) in [5.41, 5.74) is 1.86. The van der Waals surface area contributed by atoms with Crippen LogP contribution >= 0.6 is 11.3 Å². The minimum absolute atomic E-state index is 0.0235. The second kappa shape index (κ2) is 9.50. The molecular formula is C21H25N3O3S. The van der Waals surface area contributed by atoms with Gasteiger partial charge in [0.15, 0.2) is 0 Å². The zero-order valence-corrected chi connectivity index (χ0v) is 17.1. The Kier molecular flexibility index (Phi) is 6.81. The largest absolute Gasteiger partial charge is 0.487 e. The van der Waals surface area contributed by atoms with Crippen LogP contribution in [0.25, 0.3) is 6.08 Å². The second-order valence-electron chi connectivity index (χ2n) is 6.73. The monoisotopic (exact) mass is 399 g/mol. The normalized spacial score (nSPS) is 14.9. The molecule has 0 bridgehead atoms. The first kappa shape index (κ1) is 20.1. The molecule has 148 valence electrons. The van der Waals surface area contributed by atoms with E-state index in [-0.39, 0.29) is 11.8 Å². The van der Waals surface area contributed by atoms with Crippen LogP contribution in [-0.2, 0) is 16.2 Å². The minimum Gasteiger partial charge on any atom is -0.487 e. The number of aromatic nitrogens is 1. The van der Waals surface area contributed by atoms with Crippen LogP contribution in [0.1, 0.15) is 29.6 Å². The number of rotatable bonds is 5. The minimum atomic E-state index is -0.0235. The van der Waals surface area contributed by atoms with Crippen LogP contribution in [0.5, 0.6) is 5.75 Å². The summed E-state index contributed by atoms with van der Waals surface area (Å²) in [5, 5.41) is 3.03. The number of thiazole rings is 1. The third-order valence-corrected chi connectivity index (χ3v) is 5.43. The Balaban J connectivity index is 1.50. The molecule has 2 heterocycles. The van der Waals surface area contributed by atoms with Crippen molar-refractivity contribution in [1.29, 1.82) is 0 Å². The maximum absolute atomic E-state index is 12.4. The highest BCUT2D eigenvalue weighted by molar-refractivity contribution is 7.09. The molecule has 28 heavy (non-hydrogen) atoms. The highest BCUT2D eigenvalue weighted by Crippen LogP contribution is 2.16. The summed E-state index contributed by atoms with van der Waals surface area (Å²) in [7, 11) is 0. The molecule has 1 saturated heterocycles. The van der Waals surface area contributed by atoms with Crippen molar-refractivity contribution in [3.63, 3.8) is 0 Å². The van der Waals surface area contributed by atoms with Crippen LogP contribution in [0.3, 0.4) is 0 Å². The average molecular weight is 400 g/mol. The van der Waals surface area contributed by atoms with Crippen molar-refractivity contribution in [1.82, 2.24) is 14.8 Å². The topological polar surface area (TPSA) is 62.7 Å². The lowest BCUT2D eigenvalue weighted by Crippen LogP contribution is -2.35. The van der Waals surface area contributed by atoms with Crippen molar-refractivity contribution in [3.05, 3.63) is 52.0 Å². The number of carbonyl (C=O) groups excluding carboxylic acids is 2.